The van der Waals surface area contributed by atoms with Crippen molar-refractivity contribution in [2.45, 2.75) is 63.9 Å². The van der Waals surface area contributed by atoms with Crippen molar-refractivity contribution in [3.05, 3.63) is 29.1 Å². The van der Waals surface area contributed by atoms with Crippen LogP contribution in [0.2, 0.25) is 0 Å². The molecular weight excluding hydrogens is 463 g/mol. The number of fused-ring (bicyclic) bond motifs is 1. The summed E-state index contributed by atoms with van der Waals surface area (Å²) >= 11 is 0. The van der Waals surface area contributed by atoms with Crippen LogP contribution < -0.4 is 0 Å². The van der Waals surface area contributed by atoms with Gasteiger partial charge in [-0.1, -0.05) is 13.8 Å². The van der Waals surface area contributed by atoms with Gasteiger partial charge in [0.2, 0.25) is 5.91 Å². The van der Waals surface area contributed by atoms with Gasteiger partial charge in [-0.25, -0.2) is 0 Å². The normalized spacial score (nSPS) is 32.5. The first-order valence-corrected chi connectivity index (χ1v) is 12.5. The molecule has 3 fully saturated rings. The van der Waals surface area contributed by atoms with E-state index in [1.807, 2.05) is 6.92 Å². The van der Waals surface area contributed by atoms with Crippen LogP contribution in [0, 0.1) is 17.8 Å². The quantitative estimate of drug-likeness (QED) is 0.588. The van der Waals surface area contributed by atoms with Crippen LogP contribution in [0.25, 0.3) is 0 Å². The van der Waals surface area contributed by atoms with E-state index in [0.717, 1.165) is 51.4 Å². The third kappa shape index (κ3) is 4.33. The highest BCUT2D eigenvalue weighted by molar-refractivity contribution is 5.89. The van der Waals surface area contributed by atoms with Crippen LogP contribution in [0.15, 0.2) is 12.3 Å². The number of carbonyl (C=O) groups excluding carboxylic acids is 2. The molecule has 0 saturated carbocycles. The zero-order valence-corrected chi connectivity index (χ0v) is 20.1. The minimum Gasteiger partial charge on any atom is -0.458 e. The lowest BCUT2D eigenvalue weighted by molar-refractivity contribution is -0.167. The number of hydrogen-bond donors (Lipinski definition) is 0. The molecule has 4 aliphatic rings. The summed E-state index contributed by atoms with van der Waals surface area (Å²) in [6.07, 6.45) is -0.743. The van der Waals surface area contributed by atoms with Crippen LogP contribution in [0.5, 0.6) is 0 Å². The average Bonchev–Trinajstić information content (AvgIpc) is 3.10. The average molecular weight is 496 g/mol. The summed E-state index contributed by atoms with van der Waals surface area (Å²) in [5, 5.41) is 0. The van der Waals surface area contributed by atoms with E-state index in [0.29, 0.717) is 36.7 Å². The van der Waals surface area contributed by atoms with Gasteiger partial charge in [-0.3, -0.25) is 19.5 Å². The Balaban J connectivity index is 1.36. The molecule has 0 N–H and O–H groups in total. The largest absolute Gasteiger partial charge is 0.458 e. The topological polar surface area (TPSA) is 72.0 Å². The van der Waals surface area contributed by atoms with Crippen LogP contribution in [0.4, 0.5) is 13.2 Å². The molecule has 4 unspecified atom stereocenters. The van der Waals surface area contributed by atoms with Crippen LogP contribution in [-0.4, -0.2) is 71.2 Å². The second-order valence-electron chi connectivity index (χ2n) is 10.5. The molecule has 35 heavy (non-hydrogen) atoms. The summed E-state index contributed by atoms with van der Waals surface area (Å²) in [6, 6.07) is 1.52. The maximum absolute atomic E-state index is 13.9. The Bertz CT molecular complexity index is 997. The molecule has 1 spiro atoms. The molecule has 5 heterocycles. The maximum atomic E-state index is 13.9. The van der Waals surface area contributed by atoms with E-state index in [-0.39, 0.29) is 24.3 Å². The molecule has 10 heteroatoms. The molecule has 1 amide bonds. The van der Waals surface area contributed by atoms with Crippen molar-refractivity contribution in [2.24, 2.45) is 17.8 Å². The van der Waals surface area contributed by atoms with Gasteiger partial charge in [0.05, 0.1) is 17.4 Å². The fourth-order valence-electron chi connectivity index (χ4n) is 6.45. The molecule has 4 atom stereocenters. The third-order valence-corrected chi connectivity index (χ3v) is 8.47. The van der Waals surface area contributed by atoms with Gasteiger partial charge in [-0.15, -0.1) is 0 Å². The first-order valence-electron chi connectivity index (χ1n) is 12.5. The van der Waals surface area contributed by atoms with Gasteiger partial charge in [0.25, 0.3) is 0 Å². The van der Waals surface area contributed by atoms with Gasteiger partial charge in [-0.2, -0.15) is 13.2 Å². The lowest BCUT2D eigenvalue weighted by Crippen LogP contribution is -2.60. The van der Waals surface area contributed by atoms with E-state index in [4.69, 9.17) is 9.47 Å². The summed E-state index contributed by atoms with van der Waals surface area (Å²) in [6.45, 7) is 7.16. The predicted octanol–water partition coefficient (Wildman–Crippen LogP) is 3.05. The van der Waals surface area contributed by atoms with Crippen molar-refractivity contribution in [3.8, 4) is 0 Å². The number of alkyl halides is 3. The first kappa shape index (κ1) is 24.5. The lowest BCUT2D eigenvalue weighted by atomic mass is 9.69. The number of carbonyl (C=O) groups is 2. The number of amides is 1. The number of hydrogen-bond acceptors (Lipinski definition) is 6. The maximum Gasteiger partial charge on any atom is 0.417 e. The van der Waals surface area contributed by atoms with E-state index in [2.05, 4.69) is 9.88 Å². The number of piperidine rings is 1. The molecule has 0 aliphatic carbocycles. The molecule has 0 bridgehead atoms. The van der Waals surface area contributed by atoms with Crippen molar-refractivity contribution in [1.29, 1.82) is 0 Å². The third-order valence-electron chi connectivity index (χ3n) is 8.47. The van der Waals surface area contributed by atoms with E-state index in [1.54, 1.807) is 11.8 Å². The number of aromatic nitrogens is 1. The van der Waals surface area contributed by atoms with Crippen LogP contribution in [0.1, 0.15) is 49.9 Å². The number of halogens is 3. The van der Waals surface area contributed by atoms with Crippen molar-refractivity contribution >= 4 is 11.9 Å². The molecule has 0 radical (unpaired) electrons. The summed E-state index contributed by atoms with van der Waals surface area (Å²) in [5.41, 5.74) is -0.707. The molecule has 7 nitrogen and oxygen atoms in total. The molecule has 0 aromatic carbocycles. The Labute approximate surface area is 202 Å². The molecule has 1 aromatic rings. The number of likely N-dealkylation sites (tertiary alicyclic amines) is 1. The molecule has 5 rings (SSSR count). The van der Waals surface area contributed by atoms with E-state index in [1.165, 1.54) is 0 Å². The zero-order valence-electron chi connectivity index (χ0n) is 20.1. The Kier molecular flexibility index (Phi) is 6.32. The summed E-state index contributed by atoms with van der Waals surface area (Å²) in [7, 11) is 0. The van der Waals surface area contributed by atoms with Gasteiger partial charge in [0.1, 0.15) is 5.60 Å². The summed E-state index contributed by atoms with van der Waals surface area (Å²) in [4.78, 5) is 34.7. The van der Waals surface area contributed by atoms with E-state index < -0.39 is 29.2 Å². The van der Waals surface area contributed by atoms with Gasteiger partial charge >= 0.3 is 12.1 Å². The smallest absolute Gasteiger partial charge is 0.417 e. The Morgan fingerprint density at radius 2 is 1.94 bits per heavy atom. The zero-order chi connectivity index (χ0) is 25.0. The summed E-state index contributed by atoms with van der Waals surface area (Å²) in [5.74, 6) is -1.87. The summed E-state index contributed by atoms with van der Waals surface area (Å²) < 4.78 is 51.1. The van der Waals surface area contributed by atoms with Crippen molar-refractivity contribution in [1.82, 2.24) is 14.8 Å². The van der Waals surface area contributed by atoms with Crippen LogP contribution >= 0.6 is 0 Å². The second-order valence-corrected chi connectivity index (χ2v) is 10.5. The van der Waals surface area contributed by atoms with E-state index in [9.17, 15) is 22.8 Å². The molecular formula is C25H32F3N3O4. The number of pyridine rings is 1. The predicted molar refractivity (Wildman–Crippen MR) is 119 cm³/mol. The Morgan fingerprint density at radius 3 is 2.63 bits per heavy atom. The molecule has 4 aliphatic heterocycles. The molecule has 3 saturated heterocycles. The minimum atomic E-state index is -4.49. The van der Waals surface area contributed by atoms with Crippen molar-refractivity contribution < 1.29 is 32.2 Å². The first-order chi connectivity index (χ1) is 16.6. The lowest BCUT2D eigenvalue weighted by Gasteiger charge is -2.49. The second kappa shape index (κ2) is 9.03. The standard InChI is InChI=1S/C25H32F3N3O4/c1-15-13-30(19-4-9-34-10-5-19)8-6-24(15)21(16(2)23(33)35-24)22(32)31-7-3-20-17(14-31)11-18(12-29-20)25(26,27)28/h11-12,15-16,19,21H,3-10,13-14H2,1-2H3. The van der Waals surface area contributed by atoms with Crippen LogP contribution in [-0.2, 0) is 38.2 Å². The van der Waals surface area contributed by atoms with E-state index >= 15 is 0 Å². The number of rotatable bonds is 2. The van der Waals surface area contributed by atoms with Crippen molar-refractivity contribution in [2.75, 3.05) is 32.8 Å². The highest BCUT2D eigenvalue weighted by Gasteiger charge is 2.62. The van der Waals surface area contributed by atoms with Gasteiger partial charge in [-0.05, 0) is 24.5 Å². The SMILES string of the molecule is CC1C(=O)OC2(CCN(C3CCOCC3)CC2C)C1C(=O)N1CCc2ncc(C(F)(F)F)cc2C1. The van der Waals surface area contributed by atoms with Gasteiger partial charge in [0, 0.05) is 76.1 Å². The van der Waals surface area contributed by atoms with Gasteiger partial charge in [0.15, 0.2) is 0 Å². The highest BCUT2D eigenvalue weighted by atomic mass is 19.4. The number of ether oxygens (including phenoxy) is 2. The van der Waals surface area contributed by atoms with Gasteiger partial charge < -0.3 is 14.4 Å². The number of esters is 1. The molecule has 192 valence electrons. The minimum absolute atomic E-state index is 0.0440. The number of nitrogens with zero attached hydrogens (tertiary/aromatic N) is 3. The fourth-order valence-corrected chi connectivity index (χ4v) is 6.45. The highest BCUT2D eigenvalue weighted by Crippen LogP contribution is 2.48. The monoisotopic (exact) mass is 495 g/mol. The Hall–Kier alpha value is -2.20. The molecule has 1 aromatic heterocycles. The fraction of sp³-hybridized carbons (Fsp3) is 0.720. The Morgan fingerprint density at radius 1 is 1.20 bits per heavy atom. The van der Waals surface area contributed by atoms with Crippen LogP contribution in [0.3, 0.4) is 0 Å². The van der Waals surface area contributed by atoms with Crippen molar-refractivity contribution in [3.63, 3.8) is 0 Å².